The van der Waals surface area contributed by atoms with Crippen LogP contribution in [-0.4, -0.2) is 17.4 Å². The van der Waals surface area contributed by atoms with Crippen LogP contribution in [0.2, 0.25) is 0 Å². The third kappa shape index (κ3) is 2.96. The Morgan fingerprint density at radius 2 is 1.91 bits per heavy atom. The molecule has 0 aliphatic heterocycles. The number of anilines is 2. The lowest BCUT2D eigenvalue weighted by Gasteiger charge is -2.13. The highest BCUT2D eigenvalue weighted by Gasteiger charge is 2.10. The Labute approximate surface area is 132 Å². The largest absolute Gasteiger partial charge is 0.397 e. The third-order valence-corrected chi connectivity index (χ3v) is 3.40. The first-order chi connectivity index (χ1) is 11.2. The van der Waals surface area contributed by atoms with Crippen molar-refractivity contribution in [2.24, 2.45) is 0 Å². The number of carbonyl (C=O) groups is 1. The molecule has 0 saturated carbocycles. The van der Waals surface area contributed by atoms with Gasteiger partial charge >= 0.3 is 0 Å². The van der Waals surface area contributed by atoms with Crippen LogP contribution in [0.5, 0.6) is 0 Å². The molecule has 2 aromatic carbocycles. The van der Waals surface area contributed by atoms with Gasteiger partial charge in [-0.2, -0.15) is 0 Å². The second-order valence-corrected chi connectivity index (χ2v) is 4.93. The number of carbonyl (C=O) groups excluding carboxylic acids is 1. The smallest absolute Gasteiger partial charge is 0.213 e. The molecule has 3 aromatic rings. The number of rotatable bonds is 3. The fourth-order valence-corrected chi connectivity index (χ4v) is 2.36. The maximum Gasteiger partial charge on any atom is 0.213 e. The van der Waals surface area contributed by atoms with E-state index in [1.165, 1.54) is 0 Å². The molecule has 0 aliphatic carbocycles. The van der Waals surface area contributed by atoms with Crippen molar-refractivity contribution in [3.63, 3.8) is 0 Å². The van der Waals surface area contributed by atoms with Crippen molar-refractivity contribution in [1.29, 1.82) is 5.41 Å². The Hall–Kier alpha value is -3.41. The number of hydrogen-bond acceptors (Lipinski definition) is 4. The second-order valence-electron chi connectivity index (χ2n) is 4.93. The SMILES string of the molecule is N=C(NC=O)Nc1cc(-c2ccccc2)nc2c(N)cccc12. The average molecular weight is 305 g/mol. The lowest BCUT2D eigenvalue weighted by atomic mass is 10.1. The molecular formula is C17H15N5O. The van der Waals surface area contributed by atoms with Crippen LogP contribution in [0, 0.1) is 5.41 Å². The molecule has 0 unspecified atom stereocenters. The molecule has 0 bridgehead atoms. The molecule has 0 atom stereocenters. The molecule has 0 fully saturated rings. The predicted octanol–water partition coefficient (Wildman–Crippen LogP) is 2.58. The molecule has 6 heteroatoms. The highest BCUT2D eigenvalue weighted by molar-refractivity contribution is 6.07. The number of benzene rings is 2. The standard InChI is InChI=1S/C17H15N5O/c18-13-8-4-7-12-15(22-17(19)20-10-23)9-14(21-16(12)13)11-5-2-1-3-6-11/h1-10H,18H2,(H3,19,20,21,22,23). The van der Waals surface area contributed by atoms with Crippen LogP contribution in [0.15, 0.2) is 54.6 Å². The van der Waals surface area contributed by atoms with Crippen molar-refractivity contribution < 1.29 is 4.79 Å². The predicted molar refractivity (Wildman–Crippen MR) is 92.1 cm³/mol. The quantitative estimate of drug-likeness (QED) is 0.258. The van der Waals surface area contributed by atoms with Crippen LogP contribution < -0.4 is 16.4 Å². The summed E-state index contributed by atoms with van der Waals surface area (Å²) in [6, 6.07) is 17.0. The molecule has 1 heterocycles. The van der Waals surface area contributed by atoms with Crippen LogP contribution in [0.3, 0.4) is 0 Å². The number of amides is 1. The molecule has 0 aliphatic rings. The number of fused-ring (bicyclic) bond motifs is 1. The Morgan fingerprint density at radius 3 is 2.65 bits per heavy atom. The molecule has 23 heavy (non-hydrogen) atoms. The van der Waals surface area contributed by atoms with Gasteiger partial charge in [0.05, 0.1) is 22.6 Å². The number of pyridine rings is 1. The maximum atomic E-state index is 10.5. The minimum Gasteiger partial charge on any atom is -0.397 e. The van der Waals surface area contributed by atoms with Gasteiger partial charge in [-0.3, -0.25) is 15.5 Å². The number of nitrogens with two attached hydrogens (primary N) is 1. The van der Waals surface area contributed by atoms with Crippen molar-refractivity contribution in [1.82, 2.24) is 10.3 Å². The third-order valence-electron chi connectivity index (χ3n) is 3.40. The van der Waals surface area contributed by atoms with Crippen LogP contribution in [0.25, 0.3) is 22.2 Å². The Morgan fingerprint density at radius 1 is 1.13 bits per heavy atom. The Bertz CT molecular complexity index is 877. The van der Waals surface area contributed by atoms with E-state index in [9.17, 15) is 4.79 Å². The topological polar surface area (TPSA) is 104 Å². The molecule has 0 radical (unpaired) electrons. The zero-order valence-electron chi connectivity index (χ0n) is 12.2. The van der Waals surface area contributed by atoms with Gasteiger partial charge in [-0.1, -0.05) is 42.5 Å². The van der Waals surface area contributed by atoms with Crippen molar-refractivity contribution in [3.8, 4) is 11.3 Å². The zero-order chi connectivity index (χ0) is 16.2. The van der Waals surface area contributed by atoms with Gasteiger partial charge < -0.3 is 11.1 Å². The molecule has 3 rings (SSSR count). The normalized spacial score (nSPS) is 10.3. The van der Waals surface area contributed by atoms with E-state index >= 15 is 0 Å². The van der Waals surface area contributed by atoms with Crippen LogP contribution >= 0.6 is 0 Å². The van der Waals surface area contributed by atoms with Gasteiger partial charge in [0.2, 0.25) is 6.41 Å². The molecule has 0 saturated heterocycles. The summed E-state index contributed by atoms with van der Waals surface area (Å²) in [5, 5.41) is 13.6. The van der Waals surface area contributed by atoms with Gasteiger partial charge in [-0.25, -0.2) is 4.98 Å². The van der Waals surface area contributed by atoms with Gasteiger partial charge in [0.1, 0.15) is 0 Å². The summed E-state index contributed by atoms with van der Waals surface area (Å²) in [6.07, 6.45) is 0.450. The molecular weight excluding hydrogens is 290 g/mol. The molecule has 1 aromatic heterocycles. The molecule has 0 spiro atoms. The fourth-order valence-electron chi connectivity index (χ4n) is 2.36. The number of nitrogen functional groups attached to an aromatic ring is 1. The van der Waals surface area contributed by atoms with E-state index in [1.54, 1.807) is 6.07 Å². The minimum atomic E-state index is -0.117. The first-order valence-corrected chi connectivity index (χ1v) is 6.99. The zero-order valence-corrected chi connectivity index (χ0v) is 12.2. The summed E-state index contributed by atoms with van der Waals surface area (Å²) in [5.41, 5.74) is 9.58. The molecule has 114 valence electrons. The van der Waals surface area contributed by atoms with Crippen molar-refractivity contribution in [3.05, 3.63) is 54.6 Å². The van der Waals surface area contributed by atoms with Gasteiger partial charge in [0, 0.05) is 10.9 Å². The van der Waals surface area contributed by atoms with E-state index in [1.807, 2.05) is 48.5 Å². The maximum absolute atomic E-state index is 10.5. The van der Waals surface area contributed by atoms with E-state index in [0.29, 0.717) is 23.3 Å². The summed E-state index contributed by atoms with van der Waals surface area (Å²) in [4.78, 5) is 15.1. The number of nitrogens with one attached hydrogen (secondary N) is 3. The summed E-state index contributed by atoms with van der Waals surface area (Å²) in [5.74, 6) is -0.117. The Balaban J connectivity index is 2.18. The summed E-state index contributed by atoms with van der Waals surface area (Å²) in [7, 11) is 0. The van der Waals surface area contributed by atoms with Crippen molar-refractivity contribution in [2.45, 2.75) is 0 Å². The summed E-state index contributed by atoms with van der Waals surface area (Å²) in [6.45, 7) is 0. The molecule has 5 N–H and O–H groups in total. The van der Waals surface area contributed by atoms with E-state index in [2.05, 4.69) is 15.6 Å². The fraction of sp³-hybridized carbons (Fsp3) is 0. The van der Waals surface area contributed by atoms with Gasteiger partial charge in [0.25, 0.3) is 0 Å². The van der Waals surface area contributed by atoms with E-state index in [0.717, 1.165) is 16.6 Å². The van der Waals surface area contributed by atoms with Crippen molar-refractivity contribution in [2.75, 3.05) is 11.1 Å². The van der Waals surface area contributed by atoms with Gasteiger partial charge in [0.15, 0.2) is 5.96 Å². The lowest BCUT2D eigenvalue weighted by Crippen LogP contribution is -2.28. The van der Waals surface area contributed by atoms with E-state index < -0.39 is 0 Å². The van der Waals surface area contributed by atoms with Crippen molar-refractivity contribution >= 4 is 34.6 Å². The first kappa shape index (κ1) is 14.5. The number of nitrogens with zero attached hydrogens (tertiary/aromatic N) is 1. The van der Waals surface area contributed by atoms with Crippen LogP contribution in [0.1, 0.15) is 0 Å². The first-order valence-electron chi connectivity index (χ1n) is 6.99. The Kier molecular flexibility index (Phi) is 3.88. The van der Waals surface area contributed by atoms with E-state index in [-0.39, 0.29) is 5.96 Å². The van der Waals surface area contributed by atoms with E-state index in [4.69, 9.17) is 11.1 Å². The summed E-state index contributed by atoms with van der Waals surface area (Å²) < 4.78 is 0. The lowest BCUT2D eigenvalue weighted by molar-refractivity contribution is -0.108. The minimum absolute atomic E-state index is 0.117. The number of para-hydroxylation sites is 1. The average Bonchev–Trinajstić information content (AvgIpc) is 2.56. The monoisotopic (exact) mass is 305 g/mol. The van der Waals surface area contributed by atoms with Crippen LogP contribution in [-0.2, 0) is 4.79 Å². The molecule has 1 amide bonds. The van der Waals surface area contributed by atoms with Crippen LogP contribution in [0.4, 0.5) is 11.4 Å². The second kappa shape index (κ2) is 6.15. The number of aromatic nitrogens is 1. The summed E-state index contributed by atoms with van der Waals surface area (Å²) >= 11 is 0. The molecule has 6 nitrogen and oxygen atoms in total. The highest BCUT2D eigenvalue weighted by atomic mass is 16.1. The highest BCUT2D eigenvalue weighted by Crippen LogP contribution is 2.30. The van der Waals surface area contributed by atoms with Gasteiger partial charge in [-0.05, 0) is 12.1 Å². The number of hydrogen-bond donors (Lipinski definition) is 4. The van der Waals surface area contributed by atoms with Gasteiger partial charge in [-0.15, -0.1) is 0 Å². The number of guanidine groups is 1.